The van der Waals surface area contributed by atoms with Gasteiger partial charge in [0.05, 0.1) is 12.6 Å². The van der Waals surface area contributed by atoms with Gasteiger partial charge in [0, 0.05) is 36.1 Å². The number of ether oxygens (including phenoxy) is 1. The van der Waals surface area contributed by atoms with Gasteiger partial charge in [-0.1, -0.05) is 18.2 Å². The summed E-state index contributed by atoms with van der Waals surface area (Å²) in [5.74, 6) is -4.90. The molecule has 3 atom stereocenters. The SMILES string of the molecule is NC1CCO1.O=CN1CC2(CC2)C(NSC(F)F)C1Cc1cccc(-c2cc(F)cc(F)c2)c1F. The van der Waals surface area contributed by atoms with Gasteiger partial charge in [0.15, 0.2) is 0 Å². The molecule has 11 heteroatoms. The second-order valence-electron chi connectivity index (χ2n) is 9.02. The van der Waals surface area contributed by atoms with Crippen LogP contribution < -0.4 is 10.5 Å². The minimum absolute atomic E-state index is 0.0362. The zero-order valence-electron chi connectivity index (χ0n) is 18.7. The number of nitrogens with zero attached hydrogens (tertiary/aromatic N) is 1. The largest absolute Gasteiger partial charge is 0.363 e. The second kappa shape index (κ2) is 10.8. The molecule has 2 aromatic rings. The zero-order chi connectivity index (χ0) is 25.2. The van der Waals surface area contributed by atoms with E-state index in [9.17, 15) is 22.4 Å². The minimum Gasteiger partial charge on any atom is -0.363 e. The molecule has 3 unspecified atom stereocenters. The van der Waals surface area contributed by atoms with Gasteiger partial charge in [0.2, 0.25) is 6.41 Å². The number of hydrogen-bond donors (Lipinski definition) is 2. The van der Waals surface area contributed by atoms with Crippen LogP contribution in [0.1, 0.15) is 24.8 Å². The van der Waals surface area contributed by atoms with Crippen molar-refractivity contribution in [2.45, 2.75) is 49.8 Å². The van der Waals surface area contributed by atoms with Gasteiger partial charge >= 0.3 is 0 Å². The number of carbonyl (C=O) groups is 1. The first kappa shape index (κ1) is 25.9. The van der Waals surface area contributed by atoms with Gasteiger partial charge in [-0.15, -0.1) is 0 Å². The molecule has 1 amide bonds. The Morgan fingerprint density at radius 2 is 1.86 bits per heavy atom. The molecule has 2 aliphatic heterocycles. The van der Waals surface area contributed by atoms with Crippen LogP contribution in [0, 0.1) is 22.9 Å². The zero-order valence-corrected chi connectivity index (χ0v) is 19.5. The number of rotatable bonds is 7. The van der Waals surface area contributed by atoms with E-state index in [1.165, 1.54) is 17.0 Å². The first-order valence-electron chi connectivity index (χ1n) is 11.2. The third-order valence-corrected chi connectivity index (χ3v) is 7.26. The molecule has 0 aromatic heterocycles. The van der Waals surface area contributed by atoms with Crippen LogP contribution in [0.5, 0.6) is 0 Å². The van der Waals surface area contributed by atoms with Crippen molar-refractivity contribution in [1.82, 2.24) is 9.62 Å². The Hall–Kier alpha value is -2.21. The molecule has 3 fully saturated rings. The van der Waals surface area contributed by atoms with Crippen LogP contribution in [-0.2, 0) is 16.0 Å². The number of nitrogens with two attached hydrogens (primary N) is 1. The van der Waals surface area contributed by atoms with Crippen molar-refractivity contribution >= 4 is 18.4 Å². The van der Waals surface area contributed by atoms with Gasteiger partial charge in [-0.3, -0.25) is 9.52 Å². The summed E-state index contributed by atoms with van der Waals surface area (Å²) in [5, 5.41) is 0. The highest BCUT2D eigenvalue weighted by atomic mass is 32.2. The molecule has 5 rings (SSSR count). The Morgan fingerprint density at radius 1 is 1.20 bits per heavy atom. The summed E-state index contributed by atoms with van der Waals surface area (Å²) in [7, 11) is 0. The van der Waals surface area contributed by atoms with E-state index in [2.05, 4.69) is 4.72 Å². The molecule has 2 heterocycles. The molecule has 190 valence electrons. The molecule has 1 saturated carbocycles. The summed E-state index contributed by atoms with van der Waals surface area (Å²) in [6, 6.07) is 6.40. The molecular weight excluding hydrogens is 489 g/mol. The van der Waals surface area contributed by atoms with Crippen LogP contribution in [0.4, 0.5) is 22.0 Å². The summed E-state index contributed by atoms with van der Waals surface area (Å²) in [6.07, 6.45) is 3.48. The molecule has 3 N–H and O–H groups in total. The van der Waals surface area contributed by atoms with Crippen molar-refractivity contribution in [3.05, 3.63) is 59.4 Å². The Balaban J connectivity index is 0.000000514. The molecular formula is C24H26F5N3O2S. The first-order valence-corrected chi connectivity index (χ1v) is 12.1. The van der Waals surface area contributed by atoms with E-state index in [0.29, 0.717) is 31.0 Å². The number of likely N-dealkylation sites (tertiary alicyclic amines) is 1. The van der Waals surface area contributed by atoms with E-state index < -0.39 is 35.3 Å². The van der Waals surface area contributed by atoms with Crippen molar-refractivity contribution in [2.75, 3.05) is 13.2 Å². The van der Waals surface area contributed by atoms with Gasteiger partial charge in [-0.2, -0.15) is 8.78 Å². The molecule has 2 saturated heterocycles. The van der Waals surface area contributed by atoms with Crippen LogP contribution in [0.15, 0.2) is 36.4 Å². The predicted octanol–water partition coefficient (Wildman–Crippen LogP) is 4.45. The molecule has 3 aliphatic rings. The van der Waals surface area contributed by atoms with Gasteiger partial charge in [0.1, 0.15) is 23.7 Å². The fourth-order valence-corrected chi connectivity index (χ4v) is 5.29. The summed E-state index contributed by atoms with van der Waals surface area (Å²) in [5.41, 5.74) is 5.23. The number of nitrogens with one attached hydrogen (secondary N) is 1. The molecule has 1 aliphatic carbocycles. The van der Waals surface area contributed by atoms with E-state index in [4.69, 9.17) is 10.5 Å². The minimum atomic E-state index is -2.62. The lowest BCUT2D eigenvalue weighted by Gasteiger charge is -2.27. The van der Waals surface area contributed by atoms with E-state index in [-0.39, 0.29) is 34.8 Å². The highest BCUT2D eigenvalue weighted by Crippen LogP contribution is 2.55. The number of alkyl halides is 2. The maximum atomic E-state index is 15.3. The van der Waals surface area contributed by atoms with Gasteiger partial charge in [0.25, 0.3) is 5.76 Å². The Morgan fingerprint density at radius 3 is 2.37 bits per heavy atom. The number of benzene rings is 2. The Bertz CT molecular complexity index is 1030. The van der Waals surface area contributed by atoms with E-state index in [0.717, 1.165) is 38.0 Å². The van der Waals surface area contributed by atoms with Gasteiger partial charge < -0.3 is 15.4 Å². The van der Waals surface area contributed by atoms with Crippen molar-refractivity contribution in [3.8, 4) is 11.1 Å². The van der Waals surface area contributed by atoms with E-state index in [1.807, 2.05) is 0 Å². The first-order chi connectivity index (χ1) is 16.7. The molecule has 0 bridgehead atoms. The van der Waals surface area contributed by atoms with Crippen LogP contribution in [0.25, 0.3) is 11.1 Å². The van der Waals surface area contributed by atoms with E-state index in [1.54, 1.807) is 6.07 Å². The van der Waals surface area contributed by atoms with Crippen molar-refractivity contribution in [3.63, 3.8) is 0 Å². The summed E-state index contributed by atoms with van der Waals surface area (Å²) >= 11 is 0.302. The average Bonchev–Trinajstić information content (AvgIpc) is 3.49. The quantitative estimate of drug-likeness (QED) is 0.324. The average molecular weight is 516 g/mol. The molecule has 1 spiro atoms. The predicted molar refractivity (Wildman–Crippen MR) is 123 cm³/mol. The number of amides is 1. The van der Waals surface area contributed by atoms with Gasteiger partial charge in [-0.05, 0) is 54.5 Å². The van der Waals surface area contributed by atoms with Crippen LogP contribution in [0.2, 0.25) is 0 Å². The smallest absolute Gasteiger partial charge is 0.297 e. The standard InChI is InChI=1S/C21H19F5N2OS.C3H7NO/c22-14-6-13(7-15(23)9-14)16-3-1-2-12(18(16)24)8-17-19(27-30-20(25)26)21(4-5-21)10-28(17)11-29;4-3-1-2-5-3/h1-3,6-7,9,11,17,19-20,27H,4-5,8,10H2;3H,1-2,4H2. The third-order valence-electron chi connectivity index (χ3n) is 6.70. The van der Waals surface area contributed by atoms with Crippen molar-refractivity contribution in [2.24, 2.45) is 11.1 Å². The lowest BCUT2D eigenvalue weighted by Crippen LogP contribution is -2.44. The highest BCUT2D eigenvalue weighted by Gasteiger charge is 2.59. The van der Waals surface area contributed by atoms with Crippen LogP contribution in [-0.4, -0.2) is 48.5 Å². The lowest BCUT2D eigenvalue weighted by molar-refractivity contribution is -0.119. The topological polar surface area (TPSA) is 67.6 Å². The highest BCUT2D eigenvalue weighted by molar-refractivity contribution is 7.97. The molecule has 2 aromatic carbocycles. The Labute approximate surface area is 204 Å². The van der Waals surface area contributed by atoms with Crippen molar-refractivity contribution < 1.29 is 31.5 Å². The third kappa shape index (κ3) is 5.96. The number of hydrogen-bond acceptors (Lipinski definition) is 5. The maximum absolute atomic E-state index is 15.3. The van der Waals surface area contributed by atoms with E-state index >= 15 is 4.39 Å². The summed E-state index contributed by atoms with van der Waals surface area (Å²) < 4.78 is 75.4. The second-order valence-corrected chi connectivity index (χ2v) is 9.85. The summed E-state index contributed by atoms with van der Waals surface area (Å²) in [4.78, 5) is 13.2. The molecule has 0 radical (unpaired) electrons. The maximum Gasteiger partial charge on any atom is 0.297 e. The Kier molecular flexibility index (Phi) is 7.99. The molecule has 5 nitrogen and oxygen atoms in total. The fraction of sp³-hybridized carbons (Fsp3) is 0.458. The lowest BCUT2D eigenvalue weighted by atomic mass is 9.91. The normalized spacial score (nSPS) is 24.2. The fourth-order valence-electron chi connectivity index (χ4n) is 4.64. The van der Waals surface area contributed by atoms with Gasteiger partial charge in [-0.25, -0.2) is 13.2 Å². The van der Waals surface area contributed by atoms with Crippen molar-refractivity contribution in [1.29, 1.82) is 0 Å². The van der Waals surface area contributed by atoms with Crippen LogP contribution >= 0.6 is 11.9 Å². The number of halogens is 5. The molecule has 35 heavy (non-hydrogen) atoms. The monoisotopic (exact) mass is 515 g/mol. The van der Waals surface area contributed by atoms with Crippen LogP contribution in [0.3, 0.4) is 0 Å². The summed E-state index contributed by atoms with van der Waals surface area (Å²) in [6.45, 7) is 1.29. The number of carbonyl (C=O) groups excluding carboxylic acids is 1.